The summed E-state index contributed by atoms with van der Waals surface area (Å²) in [6.45, 7) is 0. The molecule has 6 nitrogen and oxygen atoms in total. The van der Waals surface area contributed by atoms with E-state index in [1.807, 2.05) is 0 Å². The summed E-state index contributed by atoms with van der Waals surface area (Å²) in [4.78, 5) is 33.2. The highest BCUT2D eigenvalue weighted by Gasteiger charge is 2.12. The Morgan fingerprint density at radius 2 is 1.62 bits per heavy atom. The van der Waals surface area contributed by atoms with E-state index in [9.17, 15) is 9.59 Å². The van der Waals surface area contributed by atoms with Crippen LogP contribution < -0.4 is 20.9 Å². The van der Waals surface area contributed by atoms with Crippen LogP contribution in [-0.4, -0.2) is 23.7 Å². The SMILES string of the molecule is COn1c(=O)c2ccccc2n(OC)c1=O. The Bertz CT molecular complexity index is 641. The molecule has 0 unspecified atom stereocenters. The molecule has 0 N–H and O–H groups in total. The summed E-state index contributed by atoms with van der Waals surface area (Å²) >= 11 is 0. The van der Waals surface area contributed by atoms with E-state index in [0.717, 1.165) is 4.73 Å². The second-order valence-corrected chi connectivity index (χ2v) is 3.06. The van der Waals surface area contributed by atoms with Gasteiger partial charge in [-0.1, -0.05) is 16.9 Å². The van der Waals surface area contributed by atoms with Crippen LogP contribution in [0.4, 0.5) is 0 Å². The van der Waals surface area contributed by atoms with Crippen molar-refractivity contribution in [2.75, 3.05) is 14.2 Å². The minimum absolute atomic E-state index is 0.353. The van der Waals surface area contributed by atoms with Crippen molar-refractivity contribution in [2.45, 2.75) is 0 Å². The van der Waals surface area contributed by atoms with Gasteiger partial charge in [-0.2, -0.15) is 0 Å². The van der Waals surface area contributed by atoms with E-state index in [2.05, 4.69) is 0 Å². The fourth-order valence-corrected chi connectivity index (χ4v) is 1.55. The first-order valence-electron chi connectivity index (χ1n) is 4.56. The van der Waals surface area contributed by atoms with Crippen molar-refractivity contribution in [3.63, 3.8) is 0 Å². The Balaban J connectivity index is 3.07. The molecule has 0 aliphatic carbocycles. The molecule has 1 aromatic carbocycles. The second kappa shape index (κ2) is 3.73. The molecule has 0 aliphatic heterocycles. The van der Waals surface area contributed by atoms with Gasteiger partial charge in [-0.15, -0.1) is 4.73 Å². The molecule has 0 fully saturated rings. The lowest BCUT2D eigenvalue weighted by Gasteiger charge is -2.10. The summed E-state index contributed by atoms with van der Waals surface area (Å²) in [5, 5.41) is 0.353. The van der Waals surface area contributed by atoms with Crippen LogP contribution in [0.3, 0.4) is 0 Å². The van der Waals surface area contributed by atoms with Crippen LogP contribution in [0.25, 0.3) is 10.9 Å². The second-order valence-electron chi connectivity index (χ2n) is 3.06. The first-order chi connectivity index (χ1) is 7.70. The average Bonchev–Trinajstić information content (AvgIpc) is 2.30. The highest BCUT2D eigenvalue weighted by atomic mass is 16.7. The van der Waals surface area contributed by atoms with Crippen LogP contribution in [0.2, 0.25) is 0 Å². The van der Waals surface area contributed by atoms with Gasteiger partial charge in [0.05, 0.1) is 10.9 Å². The summed E-state index contributed by atoms with van der Waals surface area (Å²) in [6, 6.07) is 6.64. The lowest BCUT2D eigenvalue weighted by Crippen LogP contribution is -2.44. The third kappa shape index (κ3) is 1.27. The molecular formula is C10H10N2O4. The number of fused-ring (bicyclic) bond motifs is 1. The standard InChI is InChI=1S/C10H10N2O4/c1-15-11-8-6-4-3-5-7(8)9(13)12(16-2)10(11)14/h3-6H,1-2H3. The molecule has 0 aliphatic rings. The summed E-state index contributed by atoms with van der Waals surface area (Å²) in [7, 11) is 2.59. The smallest absolute Gasteiger partial charge is 0.398 e. The molecule has 0 saturated heterocycles. The van der Waals surface area contributed by atoms with Gasteiger partial charge in [0.15, 0.2) is 0 Å². The van der Waals surface area contributed by atoms with Gasteiger partial charge in [0, 0.05) is 0 Å². The van der Waals surface area contributed by atoms with E-state index in [1.54, 1.807) is 24.3 Å². The van der Waals surface area contributed by atoms with Crippen LogP contribution in [-0.2, 0) is 0 Å². The van der Waals surface area contributed by atoms with Crippen molar-refractivity contribution in [1.29, 1.82) is 0 Å². The third-order valence-corrected chi connectivity index (χ3v) is 2.25. The van der Waals surface area contributed by atoms with E-state index in [0.29, 0.717) is 15.6 Å². The Morgan fingerprint density at radius 3 is 2.25 bits per heavy atom. The van der Waals surface area contributed by atoms with E-state index < -0.39 is 11.2 Å². The summed E-state index contributed by atoms with van der Waals surface area (Å²) < 4.78 is 1.64. The van der Waals surface area contributed by atoms with Crippen molar-refractivity contribution in [3.05, 3.63) is 45.1 Å². The molecule has 16 heavy (non-hydrogen) atoms. The maximum atomic E-state index is 11.8. The van der Waals surface area contributed by atoms with Crippen LogP contribution >= 0.6 is 0 Å². The number of rotatable bonds is 2. The highest BCUT2D eigenvalue weighted by molar-refractivity contribution is 5.77. The van der Waals surface area contributed by atoms with Crippen molar-refractivity contribution >= 4 is 10.9 Å². The Morgan fingerprint density at radius 1 is 1.00 bits per heavy atom. The molecular weight excluding hydrogens is 212 g/mol. The molecule has 0 bridgehead atoms. The van der Waals surface area contributed by atoms with E-state index in [4.69, 9.17) is 9.68 Å². The molecule has 0 amide bonds. The zero-order chi connectivity index (χ0) is 11.7. The van der Waals surface area contributed by atoms with Crippen molar-refractivity contribution < 1.29 is 9.68 Å². The molecule has 0 radical (unpaired) electrons. The predicted molar refractivity (Wildman–Crippen MR) is 57.5 cm³/mol. The van der Waals surface area contributed by atoms with Crippen molar-refractivity contribution in [2.24, 2.45) is 0 Å². The van der Waals surface area contributed by atoms with Gasteiger partial charge in [0.1, 0.15) is 14.2 Å². The lowest BCUT2D eigenvalue weighted by molar-refractivity contribution is 0.0995. The number of aromatic nitrogens is 2. The fraction of sp³-hybridized carbons (Fsp3) is 0.200. The van der Waals surface area contributed by atoms with Gasteiger partial charge in [0.25, 0.3) is 5.56 Å². The van der Waals surface area contributed by atoms with Crippen LogP contribution in [0.1, 0.15) is 0 Å². The van der Waals surface area contributed by atoms with Crippen LogP contribution in [0, 0.1) is 0 Å². The molecule has 2 aromatic rings. The average molecular weight is 222 g/mol. The van der Waals surface area contributed by atoms with Crippen LogP contribution in [0.5, 0.6) is 0 Å². The maximum absolute atomic E-state index is 11.8. The number of benzene rings is 1. The Labute approximate surface area is 90.2 Å². The molecule has 0 atom stereocenters. The highest BCUT2D eigenvalue weighted by Crippen LogP contribution is 2.05. The molecule has 1 heterocycles. The van der Waals surface area contributed by atoms with Crippen molar-refractivity contribution in [3.8, 4) is 0 Å². The van der Waals surface area contributed by atoms with Crippen molar-refractivity contribution in [1.82, 2.24) is 9.46 Å². The molecule has 1 aromatic heterocycles. The lowest BCUT2D eigenvalue weighted by atomic mass is 10.2. The molecule has 0 saturated carbocycles. The summed E-state index contributed by atoms with van der Waals surface area (Å²) in [5.74, 6) is 0. The van der Waals surface area contributed by atoms with Gasteiger partial charge in [0.2, 0.25) is 0 Å². The topological polar surface area (TPSA) is 62.5 Å². The minimum Gasteiger partial charge on any atom is -0.412 e. The molecule has 84 valence electrons. The van der Waals surface area contributed by atoms with E-state index in [1.165, 1.54) is 14.2 Å². The number of hydrogen-bond acceptors (Lipinski definition) is 4. The Kier molecular flexibility index (Phi) is 2.40. The zero-order valence-electron chi connectivity index (χ0n) is 8.84. The van der Waals surface area contributed by atoms with Gasteiger partial charge >= 0.3 is 5.69 Å². The third-order valence-electron chi connectivity index (χ3n) is 2.25. The Hall–Kier alpha value is -2.24. The summed E-state index contributed by atoms with van der Waals surface area (Å²) in [5.41, 5.74) is -0.765. The largest absolute Gasteiger partial charge is 0.412 e. The number of nitrogens with zero attached hydrogens (tertiary/aromatic N) is 2. The van der Waals surface area contributed by atoms with Gasteiger partial charge in [-0.3, -0.25) is 4.79 Å². The predicted octanol–water partition coefficient (Wildman–Crippen LogP) is -0.720. The first-order valence-corrected chi connectivity index (χ1v) is 4.56. The number of hydrogen-bond donors (Lipinski definition) is 0. The van der Waals surface area contributed by atoms with Crippen LogP contribution in [0.15, 0.2) is 33.9 Å². The van der Waals surface area contributed by atoms with Gasteiger partial charge in [-0.25, -0.2) is 4.79 Å². The molecule has 2 rings (SSSR count). The van der Waals surface area contributed by atoms with E-state index >= 15 is 0 Å². The normalized spacial score (nSPS) is 10.4. The minimum atomic E-state index is -0.672. The first kappa shape index (κ1) is 10.3. The quantitative estimate of drug-likeness (QED) is 0.672. The van der Waals surface area contributed by atoms with Gasteiger partial charge < -0.3 is 9.68 Å². The fourth-order valence-electron chi connectivity index (χ4n) is 1.55. The van der Waals surface area contributed by atoms with E-state index in [-0.39, 0.29) is 0 Å². The zero-order valence-corrected chi connectivity index (χ0v) is 8.84. The molecule has 0 spiro atoms. The molecule has 6 heteroatoms. The monoisotopic (exact) mass is 222 g/mol. The number of para-hydroxylation sites is 1. The van der Waals surface area contributed by atoms with Gasteiger partial charge in [-0.05, 0) is 12.1 Å². The maximum Gasteiger partial charge on any atom is 0.398 e. The summed E-state index contributed by atoms with van der Waals surface area (Å²) in [6.07, 6.45) is 0.